The summed E-state index contributed by atoms with van der Waals surface area (Å²) in [6, 6.07) is 11.6. The van der Waals surface area contributed by atoms with Crippen LogP contribution in [0.2, 0.25) is 0 Å². The fourth-order valence-electron chi connectivity index (χ4n) is 2.50. The first-order chi connectivity index (χ1) is 10.1. The molecule has 0 amide bonds. The van der Waals surface area contributed by atoms with E-state index in [-0.39, 0.29) is 5.75 Å². The fourth-order valence-corrected chi connectivity index (χ4v) is 2.50. The number of para-hydroxylation sites is 1. The van der Waals surface area contributed by atoms with Gasteiger partial charge in [-0.1, -0.05) is 35.6 Å². The van der Waals surface area contributed by atoms with Gasteiger partial charge in [0.2, 0.25) is 0 Å². The Bertz CT molecular complexity index is 833. The highest BCUT2D eigenvalue weighted by atomic mass is 16.3. The first-order valence-electron chi connectivity index (χ1n) is 6.84. The van der Waals surface area contributed by atoms with Gasteiger partial charge in [0.05, 0.1) is 5.52 Å². The molecule has 0 aliphatic carbocycles. The molecule has 0 unspecified atom stereocenters. The summed E-state index contributed by atoms with van der Waals surface area (Å²) in [7, 11) is 0. The molecule has 0 bridgehead atoms. The number of hydrogen-bond acceptors (Lipinski definition) is 3. The number of benzene rings is 2. The summed E-state index contributed by atoms with van der Waals surface area (Å²) in [6.07, 6.45) is 0.646. The number of nitrogens with zero attached hydrogens (tertiary/aromatic N) is 3. The van der Waals surface area contributed by atoms with Gasteiger partial charge in [-0.2, -0.15) is 0 Å². The minimum atomic E-state index is 0.235. The monoisotopic (exact) mass is 279 g/mol. The SMILES string of the molecule is C=C(C)Cc1cc(C)cc(-n2nnc3ccccc32)c1O. The molecule has 106 valence electrons. The number of fused-ring (bicyclic) bond motifs is 1. The zero-order chi connectivity index (χ0) is 15.0. The minimum absolute atomic E-state index is 0.235. The molecule has 0 aliphatic heterocycles. The Morgan fingerprint density at radius 2 is 2.05 bits per heavy atom. The van der Waals surface area contributed by atoms with Crippen molar-refractivity contribution in [2.24, 2.45) is 0 Å². The van der Waals surface area contributed by atoms with E-state index in [1.807, 2.05) is 50.2 Å². The summed E-state index contributed by atoms with van der Waals surface area (Å²) in [6.45, 7) is 7.87. The molecule has 1 N–H and O–H groups in total. The Labute approximate surface area is 123 Å². The first kappa shape index (κ1) is 13.4. The molecule has 0 aliphatic rings. The maximum absolute atomic E-state index is 10.6. The zero-order valence-corrected chi connectivity index (χ0v) is 12.2. The summed E-state index contributed by atoms with van der Waals surface area (Å²) >= 11 is 0. The van der Waals surface area contributed by atoms with Crippen LogP contribution in [0.3, 0.4) is 0 Å². The van der Waals surface area contributed by atoms with Crippen molar-refractivity contribution in [2.75, 3.05) is 0 Å². The first-order valence-corrected chi connectivity index (χ1v) is 6.84. The maximum atomic E-state index is 10.6. The number of allylic oxidation sites excluding steroid dienone is 1. The molecule has 0 radical (unpaired) electrons. The van der Waals surface area contributed by atoms with E-state index in [1.54, 1.807) is 4.68 Å². The lowest BCUT2D eigenvalue weighted by Crippen LogP contribution is -2.00. The standard InChI is InChI=1S/C17H17N3O/c1-11(2)8-13-9-12(3)10-16(17(13)21)20-15-7-5-4-6-14(15)18-19-20/h4-7,9-10,21H,1,8H2,2-3H3. The molecule has 1 aromatic heterocycles. The van der Waals surface area contributed by atoms with Crippen molar-refractivity contribution < 1.29 is 5.11 Å². The van der Waals surface area contributed by atoms with Crippen LogP contribution in [-0.2, 0) is 6.42 Å². The lowest BCUT2D eigenvalue weighted by Gasteiger charge is -2.12. The van der Waals surface area contributed by atoms with Gasteiger partial charge in [0.1, 0.15) is 17.0 Å². The summed E-state index contributed by atoms with van der Waals surface area (Å²) in [4.78, 5) is 0. The van der Waals surface area contributed by atoms with Crippen molar-refractivity contribution in [1.29, 1.82) is 0 Å². The largest absolute Gasteiger partial charge is 0.505 e. The molecular weight excluding hydrogens is 262 g/mol. The van der Waals surface area contributed by atoms with Crippen LogP contribution in [0.15, 0.2) is 48.6 Å². The van der Waals surface area contributed by atoms with Gasteiger partial charge in [0, 0.05) is 5.56 Å². The molecule has 2 aromatic carbocycles. The van der Waals surface area contributed by atoms with Crippen LogP contribution in [0.25, 0.3) is 16.7 Å². The highest BCUT2D eigenvalue weighted by molar-refractivity contribution is 5.77. The Kier molecular flexibility index (Phi) is 3.22. The molecule has 0 fully saturated rings. The normalized spacial score (nSPS) is 11.0. The van der Waals surface area contributed by atoms with Crippen molar-refractivity contribution in [3.63, 3.8) is 0 Å². The van der Waals surface area contributed by atoms with E-state index < -0.39 is 0 Å². The molecule has 0 saturated heterocycles. The topological polar surface area (TPSA) is 50.9 Å². The molecule has 4 heteroatoms. The summed E-state index contributed by atoms with van der Waals surface area (Å²) in [5.41, 5.74) is 5.26. The number of hydrogen-bond donors (Lipinski definition) is 1. The highest BCUT2D eigenvalue weighted by Gasteiger charge is 2.14. The summed E-state index contributed by atoms with van der Waals surface area (Å²) < 4.78 is 1.68. The van der Waals surface area contributed by atoms with Crippen molar-refractivity contribution in [3.05, 3.63) is 59.7 Å². The average Bonchev–Trinajstić information content (AvgIpc) is 2.86. The van der Waals surface area contributed by atoms with Gasteiger partial charge in [-0.05, 0) is 44.0 Å². The predicted molar refractivity (Wildman–Crippen MR) is 83.8 cm³/mol. The molecular formula is C17H17N3O. The van der Waals surface area contributed by atoms with Crippen molar-refractivity contribution in [1.82, 2.24) is 15.0 Å². The molecule has 0 atom stereocenters. The maximum Gasteiger partial charge on any atom is 0.144 e. The van der Waals surface area contributed by atoms with Crippen LogP contribution < -0.4 is 0 Å². The second-order valence-electron chi connectivity index (χ2n) is 5.42. The van der Waals surface area contributed by atoms with Crippen molar-refractivity contribution in [3.8, 4) is 11.4 Å². The highest BCUT2D eigenvalue weighted by Crippen LogP contribution is 2.30. The number of aromatic hydroxyl groups is 1. The Morgan fingerprint density at radius 3 is 2.81 bits per heavy atom. The van der Waals surface area contributed by atoms with E-state index in [0.717, 1.165) is 27.7 Å². The van der Waals surface area contributed by atoms with Gasteiger partial charge in [-0.3, -0.25) is 0 Å². The van der Waals surface area contributed by atoms with Gasteiger partial charge >= 0.3 is 0 Å². The van der Waals surface area contributed by atoms with Crippen molar-refractivity contribution in [2.45, 2.75) is 20.3 Å². The lowest BCUT2D eigenvalue weighted by atomic mass is 10.0. The molecule has 4 nitrogen and oxygen atoms in total. The Balaban J connectivity index is 2.22. The molecule has 3 rings (SSSR count). The van der Waals surface area contributed by atoms with Crippen LogP contribution in [0.1, 0.15) is 18.1 Å². The van der Waals surface area contributed by atoms with E-state index in [2.05, 4.69) is 16.9 Å². The number of phenolic OH excluding ortho intramolecular Hbond substituents is 1. The van der Waals surface area contributed by atoms with Crippen LogP contribution in [0.5, 0.6) is 5.75 Å². The molecule has 0 saturated carbocycles. The lowest BCUT2D eigenvalue weighted by molar-refractivity contribution is 0.464. The van der Waals surface area contributed by atoms with E-state index in [4.69, 9.17) is 0 Å². The Morgan fingerprint density at radius 1 is 1.29 bits per heavy atom. The second kappa shape index (κ2) is 5.05. The number of aryl methyl sites for hydroxylation is 1. The number of rotatable bonds is 3. The third-order valence-electron chi connectivity index (χ3n) is 3.39. The quantitative estimate of drug-likeness (QED) is 0.746. The zero-order valence-electron chi connectivity index (χ0n) is 12.2. The predicted octanol–water partition coefficient (Wildman–Crippen LogP) is 3.55. The van der Waals surface area contributed by atoms with E-state index in [1.165, 1.54) is 0 Å². The summed E-state index contributed by atoms with van der Waals surface area (Å²) in [5, 5.41) is 18.9. The summed E-state index contributed by atoms with van der Waals surface area (Å²) in [5.74, 6) is 0.235. The van der Waals surface area contributed by atoms with E-state index >= 15 is 0 Å². The molecule has 3 aromatic rings. The Hall–Kier alpha value is -2.62. The second-order valence-corrected chi connectivity index (χ2v) is 5.42. The van der Waals surface area contributed by atoms with Gasteiger partial charge in [-0.15, -0.1) is 5.10 Å². The van der Waals surface area contributed by atoms with Crippen LogP contribution in [-0.4, -0.2) is 20.1 Å². The van der Waals surface area contributed by atoms with Crippen molar-refractivity contribution >= 4 is 11.0 Å². The van der Waals surface area contributed by atoms with Gasteiger partial charge in [-0.25, -0.2) is 4.68 Å². The number of aromatic nitrogens is 3. The number of phenols is 1. The fraction of sp³-hybridized carbons (Fsp3) is 0.176. The van der Waals surface area contributed by atoms with Gasteiger partial charge in [0.25, 0.3) is 0 Å². The molecule has 21 heavy (non-hydrogen) atoms. The van der Waals surface area contributed by atoms with E-state index in [9.17, 15) is 5.11 Å². The third kappa shape index (κ3) is 2.40. The molecule has 1 heterocycles. The van der Waals surface area contributed by atoms with Crippen LogP contribution in [0.4, 0.5) is 0 Å². The smallest absolute Gasteiger partial charge is 0.144 e. The minimum Gasteiger partial charge on any atom is -0.505 e. The van der Waals surface area contributed by atoms with Crippen LogP contribution >= 0.6 is 0 Å². The third-order valence-corrected chi connectivity index (χ3v) is 3.39. The van der Waals surface area contributed by atoms with Crippen LogP contribution in [0, 0.1) is 6.92 Å². The molecule has 0 spiro atoms. The van der Waals surface area contributed by atoms with Gasteiger partial charge in [0.15, 0.2) is 0 Å². The van der Waals surface area contributed by atoms with Gasteiger partial charge < -0.3 is 5.11 Å². The average molecular weight is 279 g/mol. The van der Waals surface area contributed by atoms with E-state index in [0.29, 0.717) is 12.1 Å².